The van der Waals surface area contributed by atoms with Crippen molar-refractivity contribution in [2.45, 2.75) is 11.8 Å². The van der Waals surface area contributed by atoms with Crippen LogP contribution in [0.15, 0.2) is 77.7 Å². The van der Waals surface area contributed by atoms with Gasteiger partial charge in [-0.3, -0.25) is 19.3 Å². The molecule has 0 saturated heterocycles. The third-order valence-corrected chi connectivity index (χ3v) is 5.81. The number of fused-ring (bicyclic) bond motifs is 1. The number of thioether (sulfide) groups is 1. The summed E-state index contributed by atoms with van der Waals surface area (Å²) in [4.78, 5) is 39.6. The van der Waals surface area contributed by atoms with E-state index in [1.54, 1.807) is 30.3 Å². The summed E-state index contributed by atoms with van der Waals surface area (Å²) in [5, 5.41) is 2.91. The topological polar surface area (TPSA) is 66.5 Å². The Morgan fingerprint density at radius 2 is 1.60 bits per heavy atom. The van der Waals surface area contributed by atoms with E-state index < -0.39 is 0 Å². The highest BCUT2D eigenvalue weighted by Gasteiger charge is 2.34. The Kier molecular flexibility index (Phi) is 5.68. The summed E-state index contributed by atoms with van der Waals surface area (Å²) in [6.07, 6.45) is 0. The molecule has 6 heteroatoms. The normalized spacial score (nSPS) is 12.8. The zero-order chi connectivity index (χ0) is 21.1. The molecule has 0 bridgehead atoms. The van der Waals surface area contributed by atoms with Gasteiger partial charge < -0.3 is 5.32 Å². The molecule has 1 heterocycles. The van der Waals surface area contributed by atoms with E-state index in [2.05, 4.69) is 5.32 Å². The fraction of sp³-hybridized carbons (Fsp3) is 0.125. The molecule has 3 aromatic rings. The van der Waals surface area contributed by atoms with Crippen LogP contribution in [-0.2, 0) is 0 Å². The molecular formula is C24H20N2O3S. The first kappa shape index (κ1) is 19.9. The molecule has 0 saturated carbocycles. The Bertz CT molecular complexity index is 1110. The van der Waals surface area contributed by atoms with Gasteiger partial charge in [-0.1, -0.05) is 35.9 Å². The van der Waals surface area contributed by atoms with Crippen molar-refractivity contribution in [3.05, 3.63) is 95.1 Å². The number of amides is 3. The van der Waals surface area contributed by atoms with Gasteiger partial charge in [-0.05, 0) is 49.4 Å². The minimum Gasteiger partial charge on any atom is -0.322 e. The Morgan fingerprint density at radius 1 is 0.900 bits per heavy atom. The maximum atomic E-state index is 12.4. The van der Waals surface area contributed by atoms with Crippen LogP contribution in [0.2, 0.25) is 0 Å². The summed E-state index contributed by atoms with van der Waals surface area (Å²) in [5.41, 5.74) is 3.27. The molecule has 1 aliphatic heterocycles. The van der Waals surface area contributed by atoms with Gasteiger partial charge in [0.2, 0.25) is 0 Å². The maximum Gasteiger partial charge on any atom is 0.261 e. The van der Waals surface area contributed by atoms with Crippen molar-refractivity contribution in [2.75, 3.05) is 17.6 Å². The van der Waals surface area contributed by atoms with Crippen LogP contribution in [0.25, 0.3) is 0 Å². The predicted molar refractivity (Wildman–Crippen MR) is 118 cm³/mol. The number of aryl methyl sites for hydroxylation is 1. The molecule has 0 radical (unpaired) electrons. The molecule has 0 aliphatic carbocycles. The molecule has 150 valence electrons. The third kappa shape index (κ3) is 4.14. The van der Waals surface area contributed by atoms with E-state index in [1.165, 1.54) is 16.7 Å². The summed E-state index contributed by atoms with van der Waals surface area (Å²) < 4.78 is 0. The van der Waals surface area contributed by atoms with Crippen LogP contribution in [-0.4, -0.2) is 34.9 Å². The molecule has 30 heavy (non-hydrogen) atoms. The summed E-state index contributed by atoms with van der Waals surface area (Å²) in [6, 6.07) is 21.9. The largest absolute Gasteiger partial charge is 0.322 e. The van der Waals surface area contributed by atoms with Gasteiger partial charge in [-0.25, -0.2) is 0 Å². The Hall–Kier alpha value is -3.38. The average molecular weight is 417 g/mol. The molecule has 1 N–H and O–H groups in total. The third-order valence-electron chi connectivity index (χ3n) is 4.83. The van der Waals surface area contributed by atoms with Crippen LogP contribution in [0.5, 0.6) is 0 Å². The van der Waals surface area contributed by atoms with Crippen molar-refractivity contribution in [3.63, 3.8) is 0 Å². The van der Waals surface area contributed by atoms with Crippen molar-refractivity contribution < 1.29 is 14.4 Å². The SMILES string of the molecule is Cc1cccc(C(=O)Nc2cccc(SCCN3C(=O)c4ccccc4C3=O)c2)c1. The fourth-order valence-electron chi connectivity index (χ4n) is 3.35. The number of nitrogens with zero attached hydrogens (tertiary/aromatic N) is 1. The Balaban J connectivity index is 1.36. The minimum atomic E-state index is -0.240. The van der Waals surface area contributed by atoms with Gasteiger partial charge in [-0.2, -0.15) is 0 Å². The molecule has 0 aromatic heterocycles. The first-order chi connectivity index (χ1) is 14.5. The quantitative estimate of drug-likeness (QED) is 0.470. The number of carbonyl (C=O) groups is 3. The molecule has 3 aromatic carbocycles. The summed E-state index contributed by atoms with van der Waals surface area (Å²) in [7, 11) is 0. The molecule has 5 nitrogen and oxygen atoms in total. The molecule has 4 rings (SSSR count). The highest BCUT2D eigenvalue weighted by Crippen LogP contribution is 2.25. The van der Waals surface area contributed by atoms with Gasteiger partial charge in [0, 0.05) is 28.4 Å². The number of rotatable bonds is 6. The van der Waals surface area contributed by atoms with Crippen molar-refractivity contribution in [2.24, 2.45) is 0 Å². The zero-order valence-corrected chi connectivity index (χ0v) is 17.2. The standard InChI is InChI=1S/C24H20N2O3S/c1-16-6-4-7-17(14-16)22(27)25-18-8-5-9-19(15-18)30-13-12-26-23(28)20-10-2-3-11-21(20)24(26)29/h2-11,14-15H,12-13H2,1H3,(H,25,27). The molecule has 0 spiro atoms. The van der Waals surface area contributed by atoms with E-state index >= 15 is 0 Å². The van der Waals surface area contributed by atoms with Gasteiger partial charge >= 0.3 is 0 Å². The first-order valence-electron chi connectivity index (χ1n) is 9.59. The maximum absolute atomic E-state index is 12.4. The van der Waals surface area contributed by atoms with Gasteiger partial charge in [0.05, 0.1) is 11.1 Å². The average Bonchev–Trinajstić information content (AvgIpc) is 2.99. The second-order valence-corrected chi connectivity index (χ2v) is 8.18. The predicted octanol–water partition coefficient (Wildman–Crippen LogP) is 4.64. The van der Waals surface area contributed by atoms with Gasteiger partial charge in [-0.15, -0.1) is 11.8 Å². The van der Waals surface area contributed by atoms with Gasteiger partial charge in [0.1, 0.15) is 0 Å². The number of anilines is 1. The summed E-state index contributed by atoms with van der Waals surface area (Å²) in [6.45, 7) is 2.28. The van der Waals surface area contributed by atoms with Crippen molar-refractivity contribution >= 4 is 35.2 Å². The van der Waals surface area contributed by atoms with Crippen LogP contribution in [0.4, 0.5) is 5.69 Å². The molecule has 0 atom stereocenters. The lowest BCUT2D eigenvalue weighted by molar-refractivity contribution is 0.0664. The van der Waals surface area contributed by atoms with Crippen molar-refractivity contribution in [3.8, 4) is 0 Å². The van der Waals surface area contributed by atoms with Crippen LogP contribution in [0, 0.1) is 6.92 Å². The second kappa shape index (κ2) is 8.55. The number of hydrogen-bond acceptors (Lipinski definition) is 4. The van der Waals surface area contributed by atoms with Crippen LogP contribution >= 0.6 is 11.8 Å². The lowest BCUT2D eigenvalue weighted by Crippen LogP contribution is -2.31. The Morgan fingerprint density at radius 3 is 2.30 bits per heavy atom. The van der Waals surface area contributed by atoms with Crippen LogP contribution in [0.3, 0.4) is 0 Å². The first-order valence-corrected chi connectivity index (χ1v) is 10.6. The van der Waals surface area contributed by atoms with E-state index in [0.29, 0.717) is 34.7 Å². The summed E-state index contributed by atoms with van der Waals surface area (Å²) in [5.74, 6) is -0.0709. The number of imide groups is 1. The lowest BCUT2D eigenvalue weighted by atomic mass is 10.1. The van der Waals surface area contributed by atoms with E-state index in [0.717, 1.165) is 10.5 Å². The second-order valence-electron chi connectivity index (χ2n) is 7.01. The van der Waals surface area contributed by atoms with Crippen LogP contribution in [0.1, 0.15) is 36.6 Å². The molecule has 0 fully saturated rings. The molecule has 1 aliphatic rings. The number of nitrogens with one attached hydrogen (secondary N) is 1. The highest BCUT2D eigenvalue weighted by atomic mass is 32.2. The Labute approximate surface area is 179 Å². The monoisotopic (exact) mass is 416 g/mol. The van der Waals surface area contributed by atoms with E-state index in [9.17, 15) is 14.4 Å². The van der Waals surface area contributed by atoms with Crippen LogP contribution < -0.4 is 5.32 Å². The molecule has 3 amide bonds. The molecular weight excluding hydrogens is 396 g/mol. The van der Waals surface area contributed by atoms with E-state index in [-0.39, 0.29) is 17.7 Å². The smallest absolute Gasteiger partial charge is 0.261 e. The van der Waals surface area contributed by atoms with E-state index in [4.69, 9.17) is 0 Å². The van der Waals surface area contributed by atoms with Gasteiger partial charge in [0.25, 0.3) is 17.7 Å². The minimum absolute atomic E-state index is 0.160. The van der Waals surface area contributed by atoms with Gasteiger partial charge in [0.15, 0.2) is 0 Å². The number of hydrogen-bond donors (Lipinski definition) is 1. The van der Waals surface area contributed by atoms with E-state index in [1.807, 2.05) is 49.4 Å². The number of carbonyl (C=O) groups excluding carboxylic acids is 3. The fourth-order valence-corrected chi connectivity index (χ4v) is 4.24. The lowest BCUT2D eigenvalue weighted by Gasteiger charge is -2.13. The molecule has 0 unspecified atom stereocenters. The highest BCUT2D eigenvalue weighted by molar-refractivity contribution is 7.99. The van der Waals surface area contributed by atoms with Crippen molar-refractivity contribution in [1.82, 2.24) is 4.90 Å². The summed E-state index contributed by atoms with van der Waals surface area (Å²) >= 11 is 1.53. The van der Waals surface area contributed by atoms with Crippen molar-refractivity contribution in [1.29, 1.82) is 0 Å². The number of benzene rings is 3. The zero-order valence-electron chi connectivity index (χ0n) is 16.4.